The van der Waals surface area contributed by atoms with Crippen molar-refractivity contribution in [2.24, 2.45) is 5.92 Å². The van der Waals surface area contributed by atoms with Crippen LogP contribution in [0.4, 0.5) is 5.69 Å². The van der Waals surface area contributed by atoms with E-state index in [-0.39, 0.29) is 24.2 Å². The van der Waals surface area contributed by atoms with Gasteiger partial charge in [-0.25, -0.2) is 0 Å². The summed E-state index contributed by atoms with van der Waals surface area (Å²) in [6.45, 7) is 3.92. The largest absolute Gasteiger partial charge is 0.495 e. The molecule has 0 bridgehead atoms. The lowest BCUT2D eigenvalue weighted by Gasteiger charge is -2.29. The molecule has 0 radical (unpaired) electrons. The van der Waals surface area contributed by atoms with Crippen LogP contribution in [-0.4, -0.2) is 43.5 Å². The Morgan fingerprint density at radius 2 is 1.96 bits per heavy atom. The topological polar surface area (TPSA) is 49.9 Å². The molecule has 2 aliphatic rings. The Bertz CT molecular complexity index is 656. The lowest BCUT2D eigenvalue weighted by molar-refractivity contribution is -0.136. The van der Waals surface area contributed by atoms with Gasteiger partial charge in [-0.05, 0) is 37.8 Å². The fourth-order valence-electron chi connectivity index (χ4n) is 3.50. The summed E-state index contributed by atoms with van der Waals surface area (Å²) in [6, 6.07) is 3.58. The van der Waals surface area contributed by atoms with Gasteiger partial charge in [-0.2, -0.15) is 0 Å². The first-order chi connectivity index (χ1) is 11.5. The van der Waals surface area contributed by atoms with Gasteiger partial charge in [0.1, 0.15) is 5.75 Å². The number of carbonyl (C=O) groups excluding carboxylic acids is 2. The molecule has 24 heavy (non-hydrogen) atoms. The standard InChI is InChI=1S/C18H23ClN2O3/c1-12-8-15(16(24-2)10-14(12)19)21-11-13(9-17(21)22)18(23)20-6-4-3-5-7-20/h8,10,13H,3-7,9,11H2,1-2H3. The highest BCUT2D eigenvalue weighted by molar-refractivity contribution is 6.31. The van der Waals surface area contributed by atoms with Crippen molar-refractivity contribution in [2.75, 3.05) is 31.6 Å². The van der Waals surface area contributed by atoms with Crippen molar-refractivity contribution in [2.45, 2.75) is 32.6 Å². The maximum absolute atomic E-state index is 12.7. The average Bonchev–Trinajstić information content (AvgIpc) is 2.98. The number of aryl methyl sites for hydroxylation is 1. The Balaban J connectivity index is 1.80. The van der Waals surface area contributed by atoms with E-state index in [0.29, 0.717) is 23.0 Å². The molecule has 0 aliphatic carbocycles. The highest BCUT2D eigenvalue weighted by Gasteiger charge is 2.38. The molecule has 6 heteroatoms. The zero-order chi connectivity index (χ0) is 17.3. The molecule has 130 valence electrons. The van der Waals surface area contributed by atoms with E-state index >= 15 is 0 Å². The molecule has 0 spiro atoms. The molecule has 2 fully saturated rings. The fraction of sp³-hybridized carbons (Fsp3) is 0.556. The number of halogens is 1. The van der Waals surface area contributed by atoms with Gasteiger partial charge in [0.15, 0.2) is 0 Å². The number of carbonyl (C=O) groups is 2. The Labute approximate surface area is 147 Å². The van der Waals surface area contributed by atoms with Crippen LogP contribution >= 0.6 is 11.6 Å². The van der Waals surface area contributed by atoms with E-state index in [2.05, 4.69) is 0 Å². The summed E-state index contributed by atoms with van der Waals surface area (Å²) in [7, 11) is 1.56. The Hall–Kier alpha value is -1.75. The summed E-state index contributed by atoms with van der Waals surface area (Å²) in [5.74, 6) is 0.363. The third-order valence-electron chi connectivity index (χ3n) is 4.89. The molecule has 5 nitrogen and oxygen atoms in total. The number of likely N-dealkylation sites (tertiary alicyclic amines) is 1. The van der Waals surface area contributed by atoms with Crippen LogP contribution in [0.5, 0.6) is 5.75 Å². The quantitative estimate of drug-likeness (QED) is 0.842. The van der Waals surface area contributed by atoms with Crippen LogP contribution in [0.1, 0.15) is 31.2 Å². The number of rotatable bonds is 3. The number of anilines is 1. The predicted octanol–water partition coefficient (Wildman–Crippen LogP) is 3.02. The van der Waals surface area contributed by atoms with E-state index in [0.717, 1.165) is 31.5 Å². The van der Waals surface area contributed by atoms with Gasteiger partial charge in [0.25, 0.3) is 0 Å². The third-order valence-corrected chi connectivity index (χ3v) is 5.30. The smallest absolute Gasteiger partial charge is 0.228 e. The molecule has 1 aromatic carbocycles. The molecular formula is C18H23ClN2O3. The molecule has 1 aromatic rings. The second kappa shape index (κ2) is 7.01. The van der Waals surface area contributed by atoms with Crippen LogP contribution in [0.25, 0.3) is 0 Å². The first-order valence-corrected chi connectivity index (χ1v) is 8.82. The minimum absolute atomic E-state index is 0.0367. The molecule has 2 amide bonds. The van der Waals surface area contributed by atoms with Gasteiger partial charge in [0, 0.05) is 37.1 Å². The van der Waals surface area contributed by atoms with Crippen molar-refractivity contribution in [3.63, 3.8) is 0 Å². The van der Waals surface area contributed by atoms with E-state index < -0.39 is 0 Å². The minimum Gasteiger partial charge on any atom is -0.495 e. The van der Waals surface area contributed by atoms with Gasteiger partial charge < -0.3 is 14.5 Å². The van der Waals surface area contributed by atoms with E-state index in [1.165, 1.54) is 6.42 Å². The number of hydrogen-bond acceptors (Lipinski definition) is 3. The molecule has 0 aromatic heterocycles. The molecule has 0 saturated carbocycles. The van der Waals surface area contributed by atoms with Crippen LogP contribution in [0.2, 0.25) is 5.02 Å². The van der Waals surface area contributed by atoms with Crippen molar-refractivity contribution >= 4 is 29.1 Å². The van der Waals surface area contributed by atoms with Crippen molar-refractivity contribution < 1.29 is 14.3 Å². The Morgan fingerprint density at radius 3 is 2.62 bits per heavy atom. The molecule has 0 N–H and O–H groups in total. The van der Waals surface area contributed by atoms with Gasteiger partial charge in [-0.15, -0.1) is 0 Å². The van der Waals surface area contributed by atoms with Gasteiger partial charge in [-0.1, -0.05) is 11.6 Å². The summed E-state index contributed by atoms with van der Waals surface area (Å²) in [4.78, 5) is 28.8. The van der Waals surface area contributed by atoms with Crippen LogP contribution < -0.4 is 9.64 Å². The average molecular weight is 351 g/mol. The number of benzene rings is 1. The Morgan fingerprint density at radius 1 is 1.25 bits per heavy atom. The van der Waals surface area contributed by atoms with Gasteiger partial charge >= 0.3 is 0 Å². The van der Waals surface area contributed by atoms with E-state index in [1.807, 2.05) is 17.9 Å². The zero-order valence-electron chi connectivity index (χ0n) is 14.2. The molecule has 3 rings (SSSR count). The maximum Gasteiger partial charge on any atom is 0.228 e. The number of methoxy groups -OCH3 is 1. The number of amides is 2. The SMILES string of the molecule is COc1cc(Cl)c(C)cc1N1CC(C(=O)N2CCCCC2)CC1=O. The van der Waals surface area contributed by atoms with Crippen molar-refractivity contribution in [1.29, 1.82) is 0 Å². The van der Waals surface area contributed by atoms with Crippen molar-refractivity contribution in [3.05, 3.63) is 22.7 Å². The van der Waals surface area contributed by atoms with E-state index in [4.69, 9.17) is 16.3 Å². The van der Waals surface area contributed by atoms with E-state index in [9.17, 15) is 9.59 Å². The minimum atomic E-state index is -0.267. The summed E-state index contributed by atoms with van der Waals surface area (Å²) >= 11 is 6.14. The van der Waals surface area contributed by atoms with Crippen LogP contribution in [-0.2, 0) is 9.59 Å². The van der Waals surface area contributed by atoms with Gasteiger partial charge in [0.2, 0.25) is 11.8 Å². The van der Waals surface area contributed by atoms with E-state index in [1.54, 1.807) is 18.1 Å². The number of nitrogens with zero attached hydrogens (tertiary/aromatic N) is 2. The lowest BCUT2D eigenvalue weighted by Crippen LogP contribution is -2.40. The van der Waals surface area contributed by atoms with Crippen LogP contribution in [0.15, 0.2) is 12.1 Å². The van der Waals surface area contributed by atoms with Gasteiger partial charge in [0.05, 0.1) is 18.7 Å². The van der Waals surface area contributed by atoms with Crippen LogP contribution in [0, 0.1) is 12.8 Å². The van der Waals surface area contributed by atoms with Gasteiger partial charge in [-0.3, -0.25) is 9.59 Å². The first-order valence-electron chi connectivity index (χ1n) is 8.44. The molecule has 1 atom stereocenters. The summed E-state index contributed by atoms with van der Waals surface area (Å²) in [6.07, 6.45) is 3.56. The fourth-order valence-corrected chi connectivity index (χ4v) is 3.65. The number of hydrogen-bond donors (Lipinski definition) is 0. The molecule has 2 aliphatic heterocycles. The second-order valence-electron chi connectivity index (χ2n) is 6.56. The lowest BCUT2D eigenvalue weighted by atomic mass is 10.0. The summed E-state index contributed by atoms with van der Waals surface area (Å²) in [5.41, 5.74) is 1.57. The number of piperidine rings is 1. The molecular weight excluding hydrogens is 328 g/mol. The maximum atomic E-state index is 12.7. The second-order valence-corrected chi connectivity index (χ2v) is 6.97. The Kier molecular flexibility index (Phi) is 4.99. The zero-order valence-corrected chi connectivity index (χ0v) is 14.9. The predicted molar refractivity (Wildman–Crippen MR) is 93.6 cm³/mol. The molecule has 2 saturated heterocycles. The summed E-state index contributed by atoms with van der Waals surface area (Å²) in [5, 5.41) is 0.600. The number of ether oxygens (including phenoxy) is 1. The molecule has 1 unspecified atom stereocenters. The molecule has 2 heterocycles. The monoisotopic (exact) mass is 350 g/mol. The van der Waals surface area contributed by atoms with Crippen molar-refractivity contribution in [1.82, 2.24) is 4.90 Å². The first kappa shape index (κ1) is 17.1. The van der Waals surface area contributed by atoms with Crippen molar-refractivity contribution in [3.8, 4) is 5.75 Å². The summed E-state index contributed by atoms with van der Waals surface area (Å²) < 4.78 is 5.38. The highest BCUT2D eigenvalue weighted by Crippen LogP contribution is 2.37. The van der Waals surface area contributed by atoms with Crippen LogP contribution in [0.3, 0.4) is 0 Å². The normalized spacial score (nSPS) is 21.3. The third kappa shape index (κ3) is 3.22. The highest BCUT2D eigenvalue weighted by atomic mass is 35.5.